The van der Waals surface area contributed by atoms with Gasteiger partial charge in [-0.25, -0.2) is 4.79 Å². The minimum atomic E-state index is -1.06. The quantitative estimate of drug-likeness (QED) is 0.365. The number of pyridine rings is 2. The second-order valence-corrected chi connectivity index (χ2v) is 9.42. The van der Waals surface area contributed by atoms with Crippen LogP contribution in [0.3, 0.4) is 0 Å². The molecule has 35 heavy (non-hydrogen) atoms. The van der Waals surface area contributed by atoms with Crippen LogP contribution in [0.15, 0.2) is 65.6 Å². The van der Waals surface area contributed by atoms with Crippen LogP contribution in [0.1, 0.15) is 54.0 Å². The number of rotatable bonds is 6. The summed E-state index contributed by atoms with van der Waals surface area (Å²) in [6.45, 7) is 7.23. The Kier molecular flexibility index (Phi) is 6.21. The van der Waals surface area contributed by atoms with E-state index >= 15 is 0 Å². The highest BCUT2D eigenvalue weighted by atomic mass is 16.4. The smallest absolute Gasteiger partial charge is 0.337 e. The van der Waals surface area contributed by atoms with E-state index in [-0.39, 0.29) is 17.2 Å². The van der Waals surface area contributed by atoms with E-state index in [1.165, 1.54) is 0 Å². The number of benzene rings is 2. The molecule has 0 saturated heterocycles. The van der Waals surface area contributed by atoms with Crippen LogP contribution in [0.5, 0.6) is 0 Å². The van der Waals surface area contributed by atoms with Gasteiger partial charge in [-0.1, -0.05) is 18.2 Å². The second kappa shape index (κ2) is 9.00. The van der Waals surface area contributed by atoms with Gasteiger partial charge in [0.25, 0.3) is 5.56 Å². The highest BCUT2D eigenvalue weighted by Gasteiger charge is 2.20. The number of aromatic nitrogens is 2. The molecule has 2 heterocycles. The summed E-state index contributed by atoms with van der Waals surface area (Å²) in [7, 11) is 1.73. The zero-order chi connectivity index (χ0) is 25.5. The van der Waals surface area contributed by atoms with Gasteiger partial charge in [0, 0.05) is 35.9 Å². The van der Waals surface area contributed by atoms with Crippen molar-refractivity contribution in [3.8, 4) is 11.3 Å². The maximum atomic E-state index is 13.4. The van der Waals surface area contributed by atoms with Crippen LogP contribution in [0.4, 0.5) is 5.69 Å². The summed E-state index contributed by atoms with van der Waals surface area (Å²) >= 11 is 0. The van der Waals surface area contributed by atoms with Crippen molar-refractivity contribution in [1.82, 2.24) is 9.55 Å². The van der Waals surface area contributed by atoms with Crippen molar-refractivity contribution in [2.45, 2.75) is 39.3 Å². The fourth-order valence-electron chi connectivity index (χ4n) is 4.34. The van der Waals surface area contributed by atoms with Gasteiger partial charge >= 0.3 is 5.97 Å². The van der Waals surface area contributed by atoms with E-state index in [0.29, 0.717) is 22.5 Å². The number of carboxylic acids is 1. The molecule has 7 nitrogen and oxygen atoms in total. The molecule has 1 atom stereocenters. The molecule has 0 bridgehead atoms. The van der Waals surface area contributed by atoms with E-state index in [9.17, 15) is 19.8 Å². The number of carboxylic acid groups (broad SMARTS) is 1. The molecule has 2 aromatic carbocycles. The van der Waals surface area contributed by atoms with Gasteiger partial charge in [-0.2, -0.15) is 0 Å². The van der Waals surface area contributed by atoms with Crippen LogP contribution < -0.4 is 10.9 Å². The molecule has 0 aliphatic rings. The summed E-state index contributed by atoms with van der Waals surface area (Å²) < 4.78 is 1.60. The van der Waals surface area contributed by atoms with Crippen molar-refractivity contribution in [3.05, 3.63) is 93.5 Å². The van der Waals surface area contributed by atoms with Gasteiger partial charge in [0.15, 0.2) is 0 Å². The number of anilines is 1. The highest BCUT2D eigenvalue weighted by Crippen LogP contribution is 2.31. The molecule has 180 valence electrons. The molecule has 4 aromatic rings. The van der Waals surface area contributed by atoms with Crippen LogP contribution in [0.2, 0.25) is 0 Å². The molecule has 0 radical (unpaired) electrons. The number of fused-ring (bicyclic) bond motifs is 1. The van der Waals surface area contributed by atoms with Crippen molar-refractivity contribution >= 4 is 22.4 Å². The Hall–Kier alpha value is -3.97. The van der Waals surface area contributed by atoms with Crippen molar-refractivity contribution < 1.29 is 15.0 Å². The van der Waals surface area contributed by atoms with E-state index < -0.39 is 11.6 Å². The number of aliphatic hydroxyl groups is 1. The molecule has 0 unspecified atom stereocenters. The van der Waals surface area contributed by atoms with Gasteiger partial charge in [0.1, 0.15) is 5.60 Å². The molecular weight excluding hydrogens is 442 g/mol. The molecule has 0 aliphatic heterocycles. The number of hydrogen-bond donors (Lipinski definition) is 3. The summed E-state index contributed by atoms with van der Waals surface area (Å²) in [5.41, 5.74) is 3.32. The first-order chi connectivity index (χ1) is 16.5. The molecule has 3 N–H and O–H groups in total. The van der Waals surface area contributed by atoms with Crippen LogP contribution in [0.25, 0.3) is 22.0 Å². The van der Waals surface area contributed by atoms with E-state index in [1.807, 2.05) is 38.1 Å². The van der Waals surface area contributed by atoms with Crippen molar-refractivity contribution in [1.29, 1.82) is 0 Å². The van der Waals surface area contributed by atoms with Gasteiger partial charge in [0.2, 0.25) is 0 Å². The normalized spacial score (nSPS) is 12.5. The van der Waals surface area contributed by atoms with E-state index in [0.717, 1.165) is 22.1 Å². The van der Waals surface area contributed by atoms with Gasteiger partial charge in [0.05, 0.1) is 17.0 Å². The molecule has 0 fully saturated rings. The van der Waals surface area contributed by atoms with Gasteiger partial charge in [-0.15, -0.1) is 0 Å². The topological polar surface area (TPSA) is 104 Å². The molecule has 0 aliphatic carbocycles. The molecule has 2 aromatic heterocycles. The molecule has 0 saturated carbocycles. The van der Waals surface area contributed by atoms with Crippen LogP contribution in [0, 0.1) is 6.92 Å². The monoisotopic (exact) mass is 471 g/mol. The van der Waals surface area contributed by atoms with Crippen molar-refractivity contribution in [2.24, 2.45) is 7.05 Å². The van der Waals surface area contributed by atoms with Crippen LogP contribution in [-0.2, 0) is 12.6 Å². The third kappa shape index (κ3) is 4.68. The largest absolute Gasteiger partial charge is 0.478 e. The molecular formula is C28H29N3O4. The summed E-state index contributed by atoms with van der Waals surface area (Å²) in [6, 6.07) is 16.0. The number of nitrogens with zero attached hydrogens (tertiary/aromatic N) is 2. The van der Waals surface area contributed by atoms with Crippen LogP contribution in [-0.4, -0.2) is 25.7 Å². The van der Waals surface area contributed by atoms with Gasteiger partial charge in [-0.05, 0) is 80.6 Å². The number of carbonyl (C=O) groups is 1. The Bertz CT molecular complexity index is 1480. The third-order valence-electron chi connectivity index (χ3n) is 6.22. The fraction of sp³-hybridized carbons (Fsp3) is 0.250. The lowest BCUT2D eigenvalue weighted by molar-refractivity contribution is 0.0696. The Morgan fingerprint density at radius 3 is 2.43 bits per heavy atom. The molecule has 0 spiro atoms. The van der Waals surface area contributed by atoms with E-state index in [1.54, 1.807) is 62.0 Å². The number of hydrogen-bond acceptors (Lipinski definition) is 5. The highest BCUT2D eigenvalue weighted by molar-refractivity contribution is 5.94. The Labute approximate surface area is 203 Å². The van der Waals surface area contributed by atoms with Crippen molar-refractivity contribution in [3.63, 3.8) is 0 Å². The first-order valence-corrected chi connectivity index (χ1v) is 11.4. The van der Waals surface area contributed by atoms with Gasteiger partial charge < -0.3 is 20.1 Å². The Balaban J connectivity index is 1.86. The van der Waals surface area contributed by atoms with Crippen molar-refractivity contribution in [2.75, 3.05) is 5.32 Å². The van der Waals surface area contributed by atoms with E-state index in [2.05, 4.69) is 10.3 Å². The first kappa shape index (κ1) is 24.2. The maximum Gasteiger partial charge on any atom is 0.337 e. The lowest BCUT2D eigenvalue weighted by Gasteiger charge is -2.21. The second-order valence-electron chi connectivity index (χ2n) is 9.42. The summed E-state index contributed by atoms with van der Waals surface area (Å²) in [5, 5.41) is 24.5. The zero-order valence-electron chi connectivity index (χ0n) is 20.5. The predicted octanol–water partition coefficient (Wildman–Crippen LogP) is 5.01. The number of para-hydroxylation sites is 1. The average Bonchev–Trinajstić information content (AvgIpc) is 2.81. The summed E-state index contributed by atoms with van der Waals surface area (Å²) in [5.74, 6) is -1.01. The Morgan fingerprint density at radius 1 is 1.09 bits per heavy atom. The standard InChI is InChI=1S/C28H29N3O4/c1-16-12-20(17(2)30-23-9-7-6-8-19(23)27(33)34)21-14-24(31(5)26(32)22(21)13-16)18-10-11-25(29-15-18)28(3,4)35/h6-15,17,30,35H,1-5H3,(H,33,34)/t17-/m1/s1. The maximum absolute atomic E-state index is 13.4. The Morgan fingerprint density at radius 2 is 1.80 bits per heavy atom. The third-order valence-corrected chi connectivity index (χ3v) is 6.22. The lowest BCUT2D eigenvalue weighted by Crippen LogP contribution is -2.20. The summed E-state index contributed by atoms with van der Waals surface area (Å²) in [6.07, 6.45) is 1.66. The lowest BCUT2D eigenvalue weighted by atomic mass is 9.95. The fourth-order valence-corrected chi connectivity index (χ4v) is 4.34. The minimum absolute atomic E-state index is 0.132. The SMILES string of the molecule is Cc1cc([C@@H](C)Nc2ccccc2C(=O)O)c2cc(-c3ccc(C(C)(C)O)nc3)n(C)c(=O)c2c1. The number of aryl methyl sites for hydroxylation is 1. The molecule has 4 rings (SSSR count). The average molecular weight is 472 g/mol. The first-order valence-electron chi connectivity index (χ1n) is 11.4. The van der Waals surface area contributed by atoms with E-state index in [4.69, 9.17) is 0 Å². The zero-order valence-corrected chi connectivity index (χ0v) is 20.5. The number of aromatic carboxylic acids is 1. The molecule has 7 heteroatoms. The molecule has 0 amide bonds. The minimum Gasteiger partial charge on any atom is -0.478 e. The number of nitrogens with one attached hydrogen (secondary N) is 1. The predicted molar refractivity (Wildman–Crippen MR) is 138 cm³/mol. The van der Waals surface area contributed by atoms with Gasteiger partial charge in [-0.3, -0.25) is 9.78 Å². The van der Waals surface area contributed by atoms with Crippen LogP contribution >= 0.6 is 0 Å². The summed E-state index contributed by atoms with van der Waals surface area (Å²) in [4.78, 5) is 29.4.